The topological polar surface area (TPSA) is 104 Å². The molecule has 1 fully saturated rings. The molecule has 1 aliphatic heterocycles. The molecule has 0 aliphatic carbocycles. The second kappa shape index (κ2) is 8.38. The zero-order valence-corrected chi connectivity index (χ0v) is 19.6. The van der Waals surface area contributed by atoms with Crippen molar-refractivity contribution in [3.05, 3.63) is 65.2 Å². The number of nitrogens with one attached hydrogen (secondary N) is 1. The van der Waals surface area contributed by atoms with Gasteiger partial charge < -0.3 is 5.32 Å². The first-order chi connectivity index (χ1) is 14.8. The van der Waals surface area contributed by atoms with E-state index in [0.29, 0.717) is 17.2 Å². The average Bonchev–Trinajstić information content (AvgIpc) is 2.96. The molecule has 1 aliphatic rings. The van der Waals surface area contributed by atoms with Crippen LogP contribution >= 0.6 is 0 Å². The average molecular weight is 458 g/mol. The SMILES string of the molecule is CC(C)c1ccc([C@@]2(C)NC(=O)N(CC(=O)c3ccc(N(C)S(C)(=O)=O)cc3)C2=O)cc1. The Bertz CT molecular complexity index is 1160. The molecule has 1 heterocycles. The van der Waals surface area contributed by atoms with Gasteiger partial charge in [0.15, 0.2) is 5.78 Å². The van der Waals surface area contributed by atoms with E-state index >= 15 is 0 Å². The van der Waals surface area contributed by atoms with Crippen LogP contribution in [0.4, 0.5) is 10.5 Å². The lowest BCUT2D eigenvalue weighted by atomic mass is 9.90. The molecule has 9 heteroatoms. The van der Waals surface area contributed by atoms with E-state index in [4.69, 9.17) is 0 Å². The van der Waals surface area contributed by atoms with Crippen LogP contribution in [0.1, 0.15) is 48.2 Å². The highest BCUT2D eigenvalue weighted by atomic mass is 32.2. The highest BCUT2D eigenvalue weighted by molar-refractivity contribution is 7.92. The summed E-state index contributed by atoms with van der Waals surface area (Å²) in [4.78, 5) is 39.3. The van der Waals surface area contributed by atoms with Gasteiger partial charge in [0.25, 0.3) is 5.91 Å². The summed E-state index contributed by atoms with van der Waals surface area (Å²) in [6, 6.07) is 12.8. The van der Waals surface area contributed by atoms with Crippen molar-refractivity contribution < 1.29 is 22.8 Å². The van der Waals surface area contributed by atoms with Crippen molar-refractivity contribution >= 4 is 33.4 Å². The van der Waals surface area contributed by atoms with Gasteiger partial charge in [0, 0.05) is 12.6 Å². The maximum absolute atomic E-state index is 13.1. The largest absolute Gasteiger partial charge is 0.325 e. The number of imide groups is 1. The summed E-state index contributed by atoms with van der Waals surface area (Å²) >= 11 is 0. The maximum Gasteiger partial charge on any atom is 0.325 e. The molecule has 1 N–H and O–H groups in total. The number of anilines is 1. The molecule has 0 unspecified atom stereocenters. The van der Waals surface area contributed by atoms with Gasteiger partial charge in [-0.15, -0.1) is 0 Å². The van der Waals surface area contributed by atoms with Crippen molar-refractivity contribution in [3.8, 4) is 0 Å². The van der Waals surface area contributed by atoms with Gasteiger partial charge in [-0.2, -0.15) is 0 Å². The number of hydrogen-bond acceptors (Lipinski definition) is 5. The third kappa shape index (κ3) is 4.38. The number of amides is 3. The third-order valence-corrected chi connectivity index (χ3v) is 6.99. The first-order valence-corrected chi connectivity index (χ1v) is 12.0. The number of ketones is 1. The minimum atomic E-state index is -3.43. The van der Waals surface area contributed by atoms with Gasteiger partial charge in [-0.05, 0) is 48.2 Å². The highest BCUT2D eigenvalue weighted by Gasteiger charge is 2.49. The van der Waals surface area contributed by atoms with Crippen molar-refractivity contribution in [2.45, 2.75) is 32.2 Å². The summed E-state index contributed by atoms with van der Waals surface area (Å²) < 4.78 is 24.4. The van der Waals surface area contributed by atoms with E-state index in [1.54, 1.807) is 6.92 Å². The highest BCUT2D eigenvalue weighted by Crippen LogP contribution is 2.30. The van der Waals surface area contributed by atoms with E-state index in [2.05, 4.69) is 19.2 Å². The molecular formula is C23H27N3O5S. The second-order valence-electron chi connectivity index (χ2n) is 8.42. The Hall–Kier alpha value is -3.20. The van der Waals surface area contributed by atoms with Crippen LogP contribution in [0.2, 0.25) is 0 Å². The van der Waals surface area contributed by atoms with Crippen LogP contribution in [0, 0.1) is 0 Å². The number of Topliss-reactive ketones (excluding diaryl/α,β-unsaturated/α-hetero) is 1. The van der Waals surface area contributed by atoms with Gasteiger partial charge >= 0.3 is 6.03 Å². The number of urea groups is 1. The van der Waals surface area contributed by atoms with Crippen LogP contribution in [0.3, 0.4) is 0 Å². The van der Waals surface area contributed by atoms with Crippen LogP contribution in [0.5, 0.6) is 0 Å². The molecule has 2 aromatic rings. The van der Waals surface area contributed by atoms with Crippen molar-refractivity contribution in [2.75, 3.05) is 24.2 Å². The molecule has 1 saturated heterocycles. The molecule has 170 valence electrons. The quantitative estimate of drug-likeness (QED) is 0.509. The standard InChI is InChI=1S/C23H27N3O5S/c1-15(2)16-6-10-18(11-7-16)23(3)21(28)26(22(29)24-23)14-20(27)17-8-12-19(13-9-17)25(4)32(5,30)31/h6-13,15H,14H2,1-5H3,(H,24,29)/t23-/m1/s1. The normalized spacial score (nSPS) is 18.8. The maximum atomic E-state index is 13.1. The van der Waals surface area contributed by atoms with Gasteiger partial charge in [0.05, 0.1) is 18.5 Å². The van der Waals surface area contributed by atoms with E-state index in [0.717, 1.165) is 21.0 Å². The first kappa shape index (κ1) is 23.5. The monoisotopic (exact) mass is 457 g/mol. The van der Waals surface area contributed by atoms with E-state index in [-0.39, 0.29) is 5.56 Å². The Balaban J connectivity index is 1.77. The number of hydrogen-bond donors (Lipinski definition) is 1. The zero-order chi connectivity index (χ0) is 23.8. The lowest BCUT2D eigenvalue weighted by Crippen LogP contribution is -2.41. The number of sulfonamides is 1. The molecule has 8 nitrogen and oxygen atoms in total. The van der Waals surface area contributed by atoms with Crippen molar-refractivity contribution in [1.82, 2.24) is 10.2 Å². The molecule has 32 heavy (non-hydrogen) atoms. The number of rotatable bonds is 7. The number of carbonyl (C=O) groups excluding carboxylic acids is 3. The Kier molecular flexibility index (Phi) is 6.15. The van der Waals surface area contributed by atoms with E-state index < -0.39 is 39.8 Å². The van der Waals surface area contributed by atoms with Crippen LogP contribution in [0.15, 0.2) is 48.5 Å². The first-order valence-electron chi connectivity index (χ1n) is 10.2. The fourth-order valence-corrected chi connectivity index (χ4v) is 4.03. The lowest BCUT2D eigenvalue weighted by molar-refractivity contribution is -0.130. The summed E-state index contributed by atoms with van der Waals surface area (Å²) in [5, 5.41) is 2.70. The predicted octanol–water partition coefficient (Wildman–Crippen LogP) is 2.86. The molecule has 3 rings (SSSR count). The predicted molar refractivity (Wildman–Crippen MR) is 122 cm³/mol. The van der Waals surface area contributed by atoms with Crippen LogP contribution in [-0.4, -0.2) is 50.9 Å². The van der Waals surface area contributed by atoms with E-state index in [9.17, 15) is 22.8 Å². The van der Waals surface area contributed by atoms with Crippen molar-refractivity contribution in [2.24, 2.45) is 0 Å². The zero-order valence-electron chi connectivity index (χ0n) is 18.7. The van der Waals surface area contributed by atoms with Gasteiger partial charge in [0.2, 0.25) is 10.0 Å². The van der Waals surface area contributed by atoms with Gasteiger partial charge in [-0.1, -0.05) is 38.1 Å². The lowest BCUT2D eigenvalue weighted by Gasteiger charge is -2.22. The van der Waals surface area contributed by atoms with Crippen molar-refractivity contribution in [3.63, 3.8) is 0 Å². The molecule has 0 spiro atoms. The molecule has 0 radical (unpaired) electrons. The molecule has 3 amide bonds. The fraction of sp³-hybridized carbons (Fsp3) is 0.348. The minimum Gasteiger partial charge on any atom is -0.319 e. The summed E-state index contributed by atoms with van der Waals surface area (Å²) in [5.74, 6) is -0.591. The van der Waals surface area contributed by atoms with E-state index in [1.807, 2.05) is 24.3 Å². The van der Waals surface area contributed by atoms with Gasteiger partial charge in [0.1, 0.15) is 5.54 Å². The van der Waals surface area contributed by atoms with Crippen LogP contribution < -0.4 is 9.62 Å². The molecule has 0 bridgehead atoms. The third-order valence-electron chi connectivity index (χ3n) is 5.78. The Labute approximate surface area is 188 Å². The van der Waals surface area contributed by atoms with Gasteiger partial charge in [-0.25, -0.2) is 13.2 Å². The smallest absolute Gasteiger partial charge is 0.319 e. The molecule has 0 saturated carbocycles. The minimum absolute atomic E-state index is 0.270. The number of carbonyl (C=O) groups is 3. The van der Waals surface area contributed by atoms with E-state index in [1.165, 1.54) is 31.3 Å². The Morgan fingerprint density at radius 3 is 2.12 bits per heavy atom. The van der Waals surface area contributed by atoms with Gasteiger partial charge in [-0.3, -0.25) is 18.8 Å². The summed E-state index contributed by atoms with van der Waals surface area (Å²) in [5.41, 5.74) is 1.17. The summed E-state index contributed by atoms with van der Waals surface area (Å²) in [7, 11) is -2.02. The van der Waals surface area contributed by atoms with Crippen LogP contribution in [-0.2, 0) is 20.4 Å². The molecule has 0 aromatic heterocycles. The summed E-state index contributed by atoms with van der Waals surface area (Å²) in [6.45, 7) is 5.35. The molecular weight excluding hydrogens is 430 g/mol. The summed E-state index contributed by atoms with van der Waals surface area (Å²) in [6.07, 6.45) is 1.08. The number of nitrogens with zero attached hydrogens (tertiary/aromatic N) is 2. The van der Waals surface area contributed by atoms with Crippen molar-refractivity contribution in [1.29, 1.82) is 0 Å². The molecule has 2 aromatic carbocycles. The van der Waals surface area contributed by atoms with Crippen LogP contribution in [0.25, 0.3) is 0 Å². The second-order valence-corrected chi connectivity index (χ2v) is 10.4. The fourth-order valence-electron chi connectivity index (χ4n) is 3.52. The Morgan fingerprint density at radius 2 is 1.62 bits per heavy atom. The number of benzene rings is 2. The molecule has 1 atom stereocenters. The Morgan fingerprint density at radius 1 is 1.06 bits per heavy atom.